The Bertz CT molecular complexity index is 916. The van der Waals surface area contributed by atoms with Crippen LogP contribution < -0.4 is 4.74 Å². The minimum absolute atomic E-state index is 0.282. The average molecular weight is 439 g/mol. The van der Waals surface area contributed by atoms with Gasteiger partial charge in [-0.3, -0.25) is 9.69 Å². The van der Waals surface area contributed by atoms with Crippen LogP contribution in [0.2, 0.25) is 0 Å². The highest BCUT2D eigenvalue weighted by Gasteiger charge is 2.35. The second-order valence-corrected chi connectivity index (χ2v) is 9.96. The van der Waals surface area contributed by atoms with Crippen LogP contribution in [0.5, 0.6) is 5.75 Å². The number of fused-ring (bicyclic) bond motifs is 1. The van der Waals surface area contributed by atoms with E-state index in [0.29, 0.717) is 11.9 Å². The molecule has 2 aliphatic heterocycles. The van der Waals surface area contributed by atoms with E-state index in [1.54, 1.807) is 7.11 Å². The van der Waals surface area contributed by atoms with Gasteiger partial charge in [0.05, 0.1) is 7.11 Å². The first-order valence-corrected chi connectivity index (χ1v) is 12.6. The molecule has 1 saturated carbocycles. The monoisotopic (exact) mass is 438 g/mol. The zero-order valence-corrected chi connectivity index (χ0v) is 19.5. The summed E-state index contributed by atoms with van der Waals surface area (Å²) in [5.41, 5.74) is 2.47. The molecule has 3 fully saturated rings. The lowest BCUT2D eigenvalue weighted by Crippen LogP contribution is -2.54. The third kappa shape index (κ3) is 4.67. The Hall–Kier alpha value is -2.05. The van der Waals surface area contributed by atoms with Gasteiger partial charge in [0.1, 0.15) is 5.75 Å². The molecule has 2 aromatic rings. The van der Waals surface area contributed by atoms with Gasteiger partial charge in [-0.2, -0.15) is 0 Å². The Morgan fingerprint density at radius 2 is 1.91 bits per heavy atom. The summed E-state index contributed by atoms with van der Waals surface area (Å²) in [5, 5.41) is 1.24. The number of hydrogen-bond acceptors (Lipinski definition) is 4. The molecule has 3 heterocycles. The Morgan fingerprint density at radius 3 is 2.66 bits per heavy atom. The van der Waals surface area contributed by atoms with Crippen molar-refractivity contribution in [2.24, 2.45) is 5.92 Å². The van der Waals surface area contributed by atoms with Gasteiger partial charge in [0.15, 0.2) is 0 Å². The number of ether oxygens (including phenoxy) is 1. The second-order valence-electron chi connectivity index (χ2n) is 9.96. The van der Waals surface area contributed by atoms with Gasteiger partial charge in [0.2, 0.25) is 5.91 Å². The third-order valence-corrected chi connectivity index (χ3v) is 7.88. The number of hydrogen-bond donors (Lipinski definition) is 1. The molecule has 174 valence electrons. The topological polar surface area (TPSA) is 51.8 Å². The van der Waals surface area contributed by atoms with Crippen molar-refractivity contribution in [2.45, 2.75) is 57.5 Å². The van der Waals surface area contributed by atoms with Gasteiger partial charge < -0.3 is 19.5 Å². The normalized spacial score (nSPS) is 22.8. The van der Waals surface area contributed by atoms with E-state index in [2.05, 4.69) is 38.0 Å². The van der Waals surface area contributed by atoms with E-state index in [1.807, 2.05) is 6.07 Å². The van der Waals surface area contributed by atoms with E-state index in [-0.39, 0.29) is 5.92 Å². The molecule has 1 unspecified atom stereocenters. The highest BCUT2D eigenvalue weighted by molar-refractivity contribution is 5.84. The van der Waals surface area contributed by atoms with Crippen LogP contribution in [0.25, 0.3) is 10.9 Å². The molecule has 1 amide bonds. The Kier molecular flexibility index (Phi) is 6.69. The van der Waals surface area contributed by atoms with Crippen molar-refractivity contribution >= 4 is 16.8 Å². The molecular weight excluding hydrogens is 400 g/mol. The Labute approximate surface area is 191 Å². The van der Waals surface area contributed by atoms with Gasteiger partial charge in [-0.1, -0.05) is 6.42 Å². The van der Waals surface area contributed by atoms with Gasteiger partial charge in [-0.05, 0) is 81.9 Å². The highest BCUT2D eigenvalue weighted by atomic mass is 16.5. The predicted octanol–water partition coefficient (Wildman–Crippen LogP) is 3.87. The quantitative estimate of drug-likeness (QED) is 0.680. The summed E-state index contributed by atoms with van der Waals surface area (Å²) in [6.45, 7) is 7.34. The van der Waals surface area contributed by atoms with Crippen molar-refractivity contribution in [1.29, 1.82) is 0 Å². The molecule has 1 N–H and O–H groups in total. The molecule has 32 heavy (non-hydrogen) atoms. The molecule has 6 nitrogen and oxygen atoms in total. The lowest BCUT2D eigenvalue weighted by Gasteiger charge is -2.42. The smallest absolute Gasteiger partial charge is 0.226 e. The molecule has 0 bridgehead atoms. The van der Waals surface area contributed by atoms with Crippen molar-refractivity contribution in [3.8, 4) is 5.75 Å². The van der Waals surface area contributed by atoms with Crippen LogP contribution in [-0.2, 0) is 11.3 Å². The van der Waals surface area contributed by atoms with Crippen LogP contribution in [0.1, 0.15) is 50.5 Å². The number of nitrogens with one attached hydrogen (secondary N) is 1. The number of carbonyl (C=O) groups excluding carboxylic acids is 1. The fraction of sp³-hybridized carbons (Fsp3) is 0.654. The van der Waals surface area contributed by atoms with Gasteiger partial charge in [0.25, 0.3) is 0 Å². The summed E-state index contributed by atoms with van der Waals surface area (Å²) >= 11 is 0. The maximum absolute atomic E-state index is 13.4. The number of amides is 1. The number of carbonyl (C=O) groups is 1. The van der Waals surface area contributed by atoms with Crippen LogP contribution in [0.15, 0.2) is 24.4 Å². The molecule has 6 heteroatoms. The van der Waals surface area contributed by atoms with E-state index in [9.17, 15) is 4.79 Å². The largest absolute Gasteiger partial charge is 0.497 e. The van der Waals surface area contributed by atoms with E-state index in [1.165, 1.54) is 43.3 Å². The Balaban J connectivity index is 1.27. The van der Waals surface area contributed by atoms with Crippen LogP contribution in [-0.4, -0.2) is 78.0 Å². The summed E-state index contributed by atoms with van der Waals surface area (Å²) in [4.78, 5) is 24.2. The maximum atomic E-state index is 13.4. The first-order valence-electron chi connectivity index (χ1n) is 12.6. The van der Waals surface area contributed by atoms with Gasteiger partial charge in [0, 0.05) is 55.2 Å². The molecule has 1 aromatic heterocycles. The molecule has 1 aromatic carbocycles. The SMILES string of the molecule is COc1ccc2[nH]cc(CN3CCCC(N(CCN4CCCC4)C(=O)C4CCC4)C3)c2c1. The highest BCUT2D eigenvalue weighted by Crippen LogP contribution is 2.31. The minimum atomic E-state index is 0.282. The molecule has 0 spiro atoms. The predicted molar refractivity (Wildman–Crippen MR) is 128 cm³/mol. The van der Waals surface area contributed by atoms with Crippen molar-refractivity contribution in [1.82, 2.24) is 19.7 Å². The Morgan fingerprint density at radius 1 is 1.09 bits per heavy atom. The van der Waals surface area contributed by atoms with Gasteiger partial charge in [-0.15, -0.1) is 0 Å². The van der Waals surface area contributed by atoms with Gasteiger partial charge >= 0.3 is 0 Å². The van der Waals surface area contributed by atoms with Crippen molar-refractivity contribution in [2.75, 3.05) is 46.4 Å². The molecule has 3 aliphatic rings. The summed E-state index contributed by atoms with van der Waals surface area (Å²) in [5.74, 6) is 1.61. The summed E-state index contributed by atoms with van der Waals surface area (Å²) in [6.07, 6.45) is 10.5. The van der Waals surface area contributed by atoms with E-state index in [0.717, 1.165) is 69.7 Å². The lowest BCUT2D eigenvalue weighted by molar-refractivity contribution is -0.142. The molecule has 2 saturated heterocycles. The molecule has 1 aliphatic carbocycles. The number of piperidine rings is 1. The van der Waals surface area contributed by atoms with Crippen molar-refractivity contribution in [3.63, 3.8) is 0 Å². The van der Waals surface area contributed by atoms with E-state index < -0.39 is 0 Å². The first-order chi connectivity index (χ1) is 15.7. The third-order valence-electron chi connectivity index (χ3n) is 7.88. The van der Waals surface area contributed by atoms with Crippen molar-refractivity contribution in [3.05, 3.63) is 30.0 Å². The molecule has 1 atom stereocenters. The number of benzene rings is 1. The van der Waals surface area contributed by atoms with Crippen molar-refractivity contribution < 1.29 is 9.53 Å². The van der Waals surface area contributed by atoms with E-state index >= 15 is 0 Å². The second kappa shape index (κ2) is 9.84. The van der Waals surface area contributed by atoms with Crippen LogP contribution in [0.4, 0.5) is 0 Å². The number of aromatic nitrogens is 1. The fourth-order valence-corrected chi connectivity index (χ4v) is 5.70. The molecule has 0 radical (unpaired) electrons. The van der Waals surface area contributed by atoms with Crippen LogP contribution in [0.3, 0.4) is 0 Å². The number of aromatic amines is 1. The summed E-state index contributed by atoms with van der Waals surface area (Å²) in [7, 11) is 1.72. The fourth-order valence-electron chi connectivity index (χ4n) is 5.70. The average Bonchev–Trinajstić information content (AvgIpc) is 3.43. The standard InChI is InChI=1S/C26H38N4O2/c1-32-23-9-10-25-24(16-23)21(17-27-25)18-29-13-5-8-22(19-29)30(26(31)20-6-4-7-20)15-14-28-11-2-3-12-28/h9-10,16-17,20,22,27H,2-8,11-15,18-19H2,1H3. The van der Waals surface area contributed by atoms with E-state index in [4.69, 9.17) is 4.74 Å². The molecule has 5 rings (SSSR count). The van der Waals surface area contributed by atoms with Gasteiger partial charge in [-0.25, -0.2) is 0 Å². The zero-order valence-electron chi connectivity index (χ0n) is 19.5. The number of methoxy groups -OCH3 is 1. The molecular formula is C26H38N4O2. The summed E-state index contributed by atoms with van der Waals surface area (Å²) < 4.78 is 5.44. The number of likely N-dealkylation sites (tertiary alicyclic amines) is 2. The minimum Gasteiger partial charge on any atom is -0.497 e. The number of nitrogens with zero attached hydrogens (tertiary/aromatic N) is 3. The maximum Gasteiger partial charge on any atom is 0.226 e. The summed E-state index contributed by atoms with van der Waals surface area (Å²) in [6, 6.07) is 6.57. The van der Waals surface area contributed by atoms with Crippen LogP contribution in [0, 0.1) is 5.92 Å². The number of rotatable bonds is 8. The lowest BCUT2D eigenvalue weighted by atomic mass is 9.83. The van der Waals surface area contributed by atoms with Crippen LogP contribution >= 0.6 is 0 Å². The zero-order chi connectivity index (χ0) is 21.9. The number of H-pyrrole nitrogens is 1. The first kappa shape index (κ1) is 21.8.